The number of nitrogens with zero attached hydrogens (tertiary/aromatic N) is 1. The summed E-state index contributed by atoms with van der Waals surface area (Å²) in [7, 11) is 0. The number of amides is 1. The van der Waals surface area contributed by atoms with Gasteiger partial charge < -0.3 is 14.6 Å². The van der Waals surface area contributed by atoms with Crippen LogP contribution in [-0.2, 0) is 11.3 Å². The number of ether oxygens (including phenoxy) is 1. The zero-order valence-electron chi connectivity index (χ0n) is 11.5. The molecule has 4 nitrogen and oxygen atoms in total. The molecule has 19 heavy (non-hydrogen) atoms. The fourth-order valence-electron chi connectivity index (χ4n) is 2.08. The smallest absolute Gasteiger partial charge is 0.239 e. The van der Waals surface area contributed by atoms with Crippen LogP contribution in [0.5, 0.6) is 5.75 Å². The van der Waals surface area contributed by atoms with E-state index in [4.69, 9.17) is 4.74 Å². The van der Waals surface area contributed by atoms with Crippen molar-refractivity contribution in [1.82, 2.24) is 9.88 Å². The van der Waals surface area contributed by atoms with E-state index in [1.165, 1.54) is 0 Å². The largest absolute Gasteiger partial charge is 0.493 e. The van der Waals surface area contributed by atoms with Crippen LogP contribution in [0.15, 0.2) is 30.5 Å². The van der Waals surface area contributed by atoms with Crippen molar-refractivity contribution in [3.05, 3.63) is 30.5 Å². The zero-order valence-corrected chi connectivity index (χ0v) is 11.5. The third kappa shape index (κ3) is 3.08. The average Bonchev–Trinajstić information content (AvgIpc) is 2.80. The molecule has 2 rings (SSSR count). The van der Waals surface area contributed by atoms with Gasteiger partial charge in [0.1, 0.15) is 12.3 Å². The second-order valence-corrected chi connectivity index (χ2v) is 4.43. The Balaban J connectivity index is 2.25. The van der Waals surface area contributed by atoms with Gasteiger partial charge in [-0.15, -0.1) is 0 Å². The molecule has 0 saturated heterocycles. The minimum absolute atomic E-state index is 0.0277. The Labute approximate surface area is 113 Å². The molecule has 1 aromatic carbocycles. The van der Waals surface area contributed by atoms with E-state index in [0.717, 1.165) is 23.1 Å². The molecule has 4 heteroatoms. The number of fused-ring (bicyclic) bond motifs is 1. The lowest BCUT2D eigenvalue weighted by atomic mass is 10.2. The quantitative estimate of drug-likeness (QED) is 0.867. The van der Waals surface area contributed by atoms with Crippen LogP contribution in [0.1, 0.15) is 20.3 Å². The molecule has 1 aromatic heterocycles. The van der Waals surface area contributed by atoms with Gasteiger partial charge in [-0.05, 0) is 31.5 Å². The van der Waals surface area contributed by atoms with Gasteiger partial charge in [0, 0.05) is 18.1 Å². The van der Waals surface area contributed by atoms with E-state index in [1.807, 2.05) is 42.0 Å². The first-order chi connectivity index (χ1) is 9.26. The molecule has 0 atom stereocenters. The molecule has 0 aliphatic carbocycles. The maximum absolute atomic E-state index is 11.6. The summed E-state index contributed by atoms with van der Waals surface area (Å²) in [6.07, 6.45) is 2.91. The molecule has 0 fully saturated rings. The summed E-state index contributed by atoms with van der Waals surface area (Å²) < 4.78 is 7.66. The fourth-order valence-corrected chi connectivity index (χ4v) is 2.08. The van der Waals surface area contributed by atoms with Gasteiger partial charge in [-0.3, -0.25) is 4.79 Å². The fraction of sp³-hybridized carbons (Fsp3) is 0.400. The molecular weight excluding hydrogens is 240 g/mol. The molecule has 1 amide bonds. The predicted octanol–water partition coefficient (Wildman–Crippen LogP) is 2.57. The first kappa shape index (κ1) is 13.5. The lowest BCUT2D eigenvalue weighted by Gasteiger charge is -2.08. The van der Waals surface area contributed by atoms with E-state index in [-0.39, 0.29) is 5.91 Å². The molecule has 0 bridgehead atoms. The summed E-state index contributed by atoms with van der Waals surface area (Å²) in [4.78, 5) is 11.6. The highest BCUT2D eigenvalue weighted by atomic mass is 16.5. The van der Waals surface area contributed by atoms with Gasteiger partial charge in [0.2, 0.25) is 5.91 Å². The third-order valence-corrected chi connectivity index (χ3v) is 2.92. The van der Waals surface area contributed by atoms with E-state index in [0.29, 0.717) is 19.7 Å². The number of hydrogen-bond acceptors (Lipinski definition) is 2. The molecule has 102 valence electrons. The lowest BCUT2D eigenvalue weighted by molar-refractivity contribution is -0.121. The standard InChI is InChI=1S/C15H20N2O2/c1-3-10-19-14-7-5-6-13-12(14)8-9-17(13)11-15(18)16-4-2/h5-9H,3-4,10-11H2,1-2H3,(H,16,18). The maximum atomic E-state index is 11.6. The highest BCUT2D eigenvalue weighted by molar-refractivity contribution is 5.88. The summed E-state index contributed by atoms with van der Waals surface area (Å²) in [5.41, 5.74) is 1.03. The number of aromatic nitrogens is 1. The van der Waals surface area contributed by atoms with Crippen molar-refractivity contribution in [3.8, 4) is 5.75 Å². The van der Waals surface area contributed by atoms with Crippen molar-refractivity contribution in [2.24, 2.45) is 0 Å². The number of nitrogens with one attached hydrogen (secondary N) is 1. The second-order valence-electron chi connectivity index (χ2n) is 4.43. The van der Waals surface area contributed by atoms with Crippen LogP contribution in [0, 0.1) is 0 Å². The number of rotatable bonds is 6. The molecular formula is C15H20N2O2. The van der Waals surface area contributed by atoms with E-state index in [1.54, 1.807) is 0 Å². The molecule has 0 radical (unpaired) electrons. The Hall–Kier alpha value is -1.97. The van der Waals surface area contributed by atoms with Gasteiger partial charge >= 0.3 is 0 Å². The first-order valence-corrected chi connectivity index (χ1v) is 6.73. The van der Waals surface area contributed by atoms with Crippen molar-refractivity contribution in [3.63, 3.8) is 0 Å². The third-order valence-electron chi connectivity index (χ3n) is 2.92. The molecule has 0 spiro atoms. The van der Waals surface area contributed by atoms with Crippen LogP contribution in [0.25, 0.3) is 10.9 Å². The number of hydrogen-bond donors (Lipinski definition) is 1. The summed E-state index contributed by atoms with van der Waals surface area (Å²) in [6, 6.07) is 7.93. The molecule has 1 heterocycles. The van der Waals surface area contributed by atoms with Gasteiger partial charge in [-0.2, -0.15) is 0 Å². The Morgan fingerprint density at radius 1 is 1.32 bits per heavy atom. The maximum Gasteiger partial charge on any atom is 0.239 e. The average molecular weight is 260 g/mol. The number of carbonyl (C=O) groups excluding carboxylic acids is 1. The zero-order chi connectivity index (χ0) is 13.7. The molecule has 0 aliphatic rings. The monoisotopic (exact) mass is 260 g/mol. The van der Waals surface area contributed by atoms with Gasteiger partial charge in [0.05, 0.1) is 12.1 Å². The Morgan fingerprint density at radius 3 is 2.89 bits per heavy atom. The molecule has 1 N–H and O–H groups in total. The Morgan fingerprint density at radius 2 is 2.16 bits per heavy atom. The first-order valence-electron chi connectivity index (χ1n) is 6.73. The van der Waals surface area contributed by atoms with Gasteiger partial charge in [-0.1, -0.05) is 13.0 Å². The van der Waals surface area contributed by atoms with Crippen LogP contribution >= 0.6 is 0 Å². The Bertz CT molecular complexity index is 560. The predicted molar refractivity (Wildman–Crippen MR) is 76.4 cm³/mol. The van der Waals surface area contributed by atoms with Gasteiger partial charge in [0.25, 0.3) is 0 Å². The number of benzene rings is 1. The van der Waals surface area contributed by atoms with Crippen molar-refractivity contribution in [2.75, 3.05) is 13.2 Å². The number of likely N-dealkylation sites (N-methyl/N-ethyl adjacent to an activating group) is 1. The van der Waals surface area contributed by atoms with Gasteiger partial charge in [-0.25, -0.2) is 0 Å². The molecule has 0 unspecified atom stereocenters. The summed E-state index contributed by atoms with van der Waals surface area (Å²) >= 11 is 0. The van der Waals surface area contributed by atoms with Crippen LogP contribution < -0.4 is 10.1 Å². The molecule has 0 saturated carbocycles. The van der Waals surface area contributed by atoms with Gasteiger partial charge in [0.15, 0.2) is 0 Å². The van der Waals surface area contributed by atoms with Crippen molar-refractivity contribution >= 4 is 16.8 Å². The topological polar surface area (TPSA) is 43.3 Å². The SMILES string of the molecule is CCCOc1cccc2c1ccn2CC(=O)NCC. The summed E-state index contributed by atoms with van der Waals surface area (Å²) in [5, 5.41) is 3.86. The van der Waals surface area contributed by atoms with Crippen molar-refractivity contribution < 1.29 is 9.53 Å². The minimum Gasteiger partial charge on any atom is -0.493 e. The highest BCUT2D eigenvalue weighted by Gasteiger charge is 2.08. The molecule has 2 aromatic rings. The van der Waals surface area contributed by atoms with Crippen LogP contribution in [0.4, 0.5) is 0 Å². The van der Waals surface area contributed by atoms with Crippen LogP contribution in [0.2, 0.25) is 0 Å². The summed E-state index contributed by atoms with van der Waals surface area (Å²) in [6.45, 7) is 5.71. The van der Waals surface area contributed by atoms with Crippen LogP contribution in [0.3, 0.4) is 0 Å². The highest BCUT2D eigenvalue weighted by Crippen LogP contribution is 2.26. The van der Waals surface area contributed by atoms with Crippen LogP contribution in [-0.4, -0.2) is 23.6 Å². The lowest BCUT2D eigenvalue weighted by Crippen LogP contribution is -2.26. The van der Waals surface area contributed by atoms with Crippen molar-refractivity contribution in [2.45, 2.75) is 26.8 Å². The van der Waals surface area contributed by atoms with Crippen molar-refractivity contribution in [1.29, 1.82) is 0 Å². The van der Waals surface area contributed by atoms with E-state index < -0.39 is 0 Å². The normalized spacial score (nSPS) is 10.6. The Kier molecular flexibility index (Phi) is 4.44. The van der Waals surface area contributed by atoms with E-state index >= 15 is 0 Å². The summed E-state index contributed by atoms with van der Waals surface area (Å²) in [5.74, 6) is 0.911. The van der Waals surface area contributed by atoms with E-state index in [2.05, 4.69) is 12.2 Å². The second kappa shape index (κ2) is 6.27. The number of carbonyl (C=O) groups is 1. The molecule has 0 aliphatic heterocycles. The minimum atomic E-state index is 0.0277. The van der Waals surface area contributed by atoms with E-state index in [9.17, 15) is 4.79 Å².